The summed E-state index contributed by atoms with van der Waals surface area (Å²) in [4.78, 5) is 11.0. The first-order chi connectivity index (χ1) is 10.9. The maximum Gasteiger partial charge on any atom is 0.194 e. The van der Waals surface area contributed by atoms with Crippen LogP contribution in [-0.4, -0.2) is 69.4 Å². The highest BCUT2D eigenvalue weighted by atomic mass is 15.5. The quantitative estimate of drug-likeness (QED) is 0.808. The van der Waals surface area contributed by atoms with Crippen molar-refractivity contribution in [2.45, 2.75) is 77.9 Å². The fourth-order valence-electron chi connectivity index (χ4n) is 3.76. The van der Waals surface area contributed by atoms with E-state index in [9.17, 15) is 0 Å². The summed E-state index contributed by atoms with van der Waals surface area (Å²) < 4.78 is 0. The van der Waals surface area contributed by atoms with Gasteiger partial charge < -0.3 is 20.4 Å². The van der Waals surface area contributed by atoms with Crippen LogP contribution in [0.3, 0.4) is 0 Å². The van der Waals surface area contributed by atoms with Crippen LogP contribution in [0.1, 0.15) is 61.3 Å². The van der Waals surface area contributed by atoms with Gasteiger partial charge in [0.2, 0.25) is 0 Å². The molecule has 3 N–H and O–H groups in total. The first kappa shape index (κ1) is 18.9. The molecule has 0 saturated carbocycles. The summed E-state index contributed by atoms with van der Waals surface area (Å²) in [5.41, 5.74) is 5.99. The Morgan fingerprint density at radius 3 is 1.79 bits per heavy atom. The minimum atomic E-state index is -0.0417. The molecule has 2 heterocycles. The highest BCUT2D eigenvalue weighted by Crippen LogP contribution is 2.32. The van der Waals surface area contributed by atoms with Crippen LogP contribution >= 0.6 is 0 Å². The first-order valence-electron chi connectivity index (χ1n) is 9.08. The topological polar surface area (TPSA) is 71.9 Å². The predicted octanol–water partition coefficient (Wildman–Crippen LogP) is 2.30. The average molecular weight is 337 g/mol. The Kier molecular flexibility index (Phi) is 4.81. The van der Waals surface area contributed by atoms with Gasteiger partial charge in [-0.3, -0.25) is 10.4 Å². The van der Waals surface area contributed by atoms with Crippen molar-refractivity contribution in [2.75, 3.05) is 26.2 Å². The molecule has 0 unspecified atom stereocenters. The monoisotopic (exact) mass is 336 g/mol. The van der Waals surface area contributed by atoms with Gasteiger partial charge in [0.1, 0.15) is 0 Å². The maximum atomic E-state index is 8.61. The van der Waals surface area contributed by atoms with E-state index in [1.54, 1.807) is 0 Å². The summed E-state index contributed by atoms with van der Waals surface area (Å²) in [6, 6.07) is 0. The van der Waals surface area contributed by atoms with Crippen molar-refractivity contribution in [3.05, 3.63) is 0 Å². The summed E-state index contributed by atoms with van der Waals surface area (Å²) in [5.74, 6) is 1.33. The molecular weight excluding hydrogens is 300 g/mol. The molecule has 0 spiro atoms. The summed E-state index contributed by atoms with van der Waals surface area (Å²) in [7, 11) is 0. The zero-order valence-electron chi connectivity index (χ0n) is 16.6. The van der Waals surface area contributed by atoms with Crippen molar-refractivity contribution < 1.29 is 0 Å². The highest BCUT2D eigenvalue weighted by molar-refractivity contribution is 5.81. The summed E-state index contributed by atoms with van der Waals surface area (Å²) in [6.07, 6.45) is 2.04. The van der Waals surface area contributed by atoms with Crippen molar-refractivity contribution in [3.8, 4) is 0 Å². The molecule has 6 nitrogen and oxygen atoms in total. The van der Waals surface area contributed by atoms with Crippen LogP contribution < -0.4 is 5.73 Å². The van der Waals surface area contributed by atoms with Gasteiger partial charge in [-0.15, -0.1) is 0 Å². The zero-order chi connectivity index (χ0) is 18.3. The second-order valence-electron chi connectivity index (χ2n) is 9.31. The summed E-state index contributed by atoms with van der Waals surface area (Å²) in [6.45, 7) is 19.1. The van der Waals surface area contributed by atoms with E-state index in [2.05, 4.69) is 68.2 Å². The second kappa shape index (κ2) is 6.12. The third kappa shape index (κ3) is 3.62. The van der Waals surface area contributed by atoms with Gasteiger partial charge >= 0.3 is 0 Å². The van der Waals surface area contributed by atoms with Crippen LogP contribution in [-0.2, 0) is 0 Å². The Hall–Kier alpha value is -1.46. The maximum absolute atomic E-state index is 8.61. The Bertz CT molecular complexity index is 514. The third-order valence-electron chi connectivity index (χ3n) is 5.55. The van der Waals surface area contributed by atoms with E-state index >= 15 is 0 Å². The normalized spacial score (nSPS) is 20.2. The molecule has 0 aromatic rings. The number of hydrogen-bond donors (Lipinski definition) is 2. The van der Waals surface area contributed by atoms with E-state index in [1.165, 1.54) is 0 Å². The third-order valence-corrected chi connectivity index (χ3v) is 5.55. The molecule has 24 heavy (non-hydrogen) atoms. The lowest BCUT2D eigenvalue weighted by Gasteiger charge is -2.43. The Labute approximate surface area is 147 Å². The number of nitrogens with zero attached hydrogens (tertiary/aromatic N) is 4. The predicted molar refractivity (Wildman–Crippen MR) is 101 cm³/mol. The van der Waals surface area contributed by atoms with Gasteiger partial charge in [-0.2, -0.15) is 0 Å². The molecule has 0 bridgehead atoms. The van der Waals surface area contributed by atoms with E-state index < -0.39 is 0 Å². The number of hydrogen-bond acceptors (Lipinski definition) is 4. The molecule has 0 amide bonds. The molecule has 0 radical (unpaired) electrons. The van der Waals surface area contributed by atoms with E-state index in [0.717, 1.165) is 39.0 Å². The van der Waals surface area contributed by atoms with E-state index in [4.69, 9.17) is 11.1 Å². The molecule has 0 aromatic heterocycles. The Morgan fingerprint density at radius 2 is 1.38 bits per heavy atom. The van der Waals surface area contributed by atoms with Crippen LogP contribution in [0, 0.1) is 5.41 Å². The van der Waals surface area contributed by atoms with Crippen molar-refractivity contribution in [1.29, 1.82) is 5.41 Å². The molecule has 2 aliphatic rings. The smallest absolute Gasteiger partial charge is 0.194 e. The van der Waals surface area contributed by atoms with E-state index in [1.807, 2.05) is 0 Å². The Morgan fingerprint density at radius 1 is 0.875 bits per heavy atom. The molecule has 2 aliphatic heterocycles. The molecule has 138 valence electrons. The number of nitrogens with one attached hydrogen (secondary N) is 1. The van der Waals surface area contributed by atoms with Crippen molar-refractivity contribution in [3.63, 3.8) is 0 Å². The van der Waals surface area contributed by atoms with E-state index in [-0.39, 0.29) is 16.6 Å². The molecular formula is C18H36N6. The van der Waals surface area contributed by atoms with Gasteiger partial charge in [0.05, 0.1) is 6.54 Å². The molecule has 0 aromatic carbocycles. The molecule has 6 heteroatoms. The standard InChI is InChI=1S/C18H36N6/c1-16(2,3)23-12-13-24(15(23)20)18(6,7)9-8-17(4,5)22-11-10-21-14(22)19/h20H,8-13H2,1-7H3,(H2,19,21). The molecule has 2 rings (SSSR count). The van der Waals surface area contributed by atoms with Crippen molar-refractivity contribution in [2.24, 2.45) is 10.7 Å². The fourth-order valence-corrected chi connectivity index (χ4v) is 3.76. The second-order valence-corrected chi connectivity index (χ2v) is 9.31. The highest BCUT2D eigenvalue weighted by Gasteiger charge is 2.41. The van der Waals surface area contributed by atoms with Gasteiger partial charge in [0.15, 0.2) is 11.9 Å². The van der Waals surface area contributed by atoms with Crippen LogP contribution in [0.25, 0.3) is 0 Å². The Balaban J connectivity index is 2.01. The van der Waals surface area contributed by atoms with Crippen LogP contribution in [0.5, 0.6) is 0 Å². The molecule has 0 aliphatic carbocycles. The van der Waals surface area contributed by atoms with Crippen LogP contribution in [0.2, 0.25) is 0 Å². The summed E-state index contributed by atoms with van der Waals surface area (Å²) >= 11 is 0. The number of nitrogens with two attached hydrogens (primary N) is 1. The van der Waals surface area contributed by atoms with Crippen molar-refractivity contribution >= 4 is 11.9 Å². The lowest BCUT2D eigenvalue weighted by molar-refractivity contribution is 0.152. The van der Waals surface area contributed by atoms with Gasteiger partial charge in [0, 0.05) is 36.3 Å². The number of guanidine groups is 2. The lowest BCUT2D eigenvalue weighted by atomic mass is 9.87. The van der Waals surface area contributed by atoms with Gasteiger partial charge in [-0.25, -0.2) is 0 Å². The molecule has 1 fully saturated rings. The van der Waals surface area contributed by atoms with Gasteiger partial charge in [-0.1, -0.05) is 0 Å². The van der Waals surface area contributed by atoms with Gasteiger partial charge in [-0.05, 0) is 61.3 Å². The largest absolute Gasteiger partial charge is 0.370 e. The minimum absolute atomic E-state index is 0.00164. The van der Waals surface area contributed by atoms with Crippen LogP contribution in [0.15, 0.2) is 4.99 Å². The first-order valence-corrected chi connectivity index (χ1v) is 9.08. The minimum Gasteiger partial charge on any atom is -0.370 e. The fraction of sp³-hybridized carbons (Fsp3) is 0.889. The number of rotatable bonds is 5. The lowest BCUT2D eigenvalue weighted by Crippen LogP contribution is -2.53. The number of aliphatic imine (C=N–C) groups is 1. The zero-order valence-corrected chi connectivity index (χ0v) is 16.6. The summed E-state index contributed by atoms with van der Waals surface area (Å²) in [5, 5.41) is 8.61. The molecule has 0 atom stereocenters. The molecule has 1 saturated heterocycles. The van der Waals surface area contributed by atoms with Crippen LogP contribution in [0.4, 0.5) is 0 Å². The SMILES string of the molecule is CC(C)(C)N1CCN(C(C)(C)CCC(C)(C)N2CCN=C2N)C1=N. The van der Waals surface area contributed by atoms with Crippen molar-refractivity contribution in [1.82, 2.24) is 14.7 Å². The van der Waals surface area contributed by atoms with Gasteiger partial charge in [0.25, 0.3) is 0 Å². The average Bonchev–Trinajstić information content (AvgIpc) is 3.02. The van der Waals surface area contributed by atoms with E-state index in [0.29, 0.717) is 11.9 Å².